The predicted molar refractivity (Wildman–Crippen MR) is 100 cm³/mol. The number of unbranched alkanes of at least 4 members (excludes halogenated alkanes) is 1. The third-order valence-electron chi connectivity index (χ3n) is 3.82. The molecule has 0 bridgehead atoms. The van der Waals surface area contributed by atoms with Crippen molar-refractivity contribution in [2.45, 2.75) is 54.4 Å². The molecule has 0 aliphatic carbocycles. The van der Waals surface area contributed by atoms with E-state index in [1.807, 2.05) is 19.1 Å². The van der Waals surface area contributed by atoms with Gasteiger partial charge in [0, 0.05) is 5.56 Å². The Bertz CT molecular complexity index is 496. The molecule has 1 aromatic carbocycles. The summed E-state index contributed by atoms with van der Waals surface area (Å²) in [4.78, 5) is 21.8. The lowest BCUT2D eigenvalue weighted by atomic mass is 9.97. The topological polar surface area (TPSA) is 54.4 Å². The van der Waals surface area contributed by atoms with Crippen LogP contribution in [-0.4, -0.2) is 35.3 Å². The number of carbonyl (C=O) groups excluding carboxylic acids is 1. The maximum absolute atomic E-state index is 11.3. The van der Waals surface area contributed by atoms with E-state index in [1.165, 1.54) is 31.3 Å². The predicted octanol–water partition coefficient (Wildman–Crippen LogP) is 5.19. The summed E-state index contributed by atoms with van der Waals surface area (Å²) in [6.45, 7) is 12.3. The van der Waals surface area contributed by atoms with Crippen LogP contribution in [0.5, 0.6) is 0 Å². The first-order valence-electron chi connectivity index (χ1n) is 8.36. The minimum atomic E-state index is -1.40. The molecule has 23 heavy (non-hydrogen) atoms. The minimum absolute atomic E-state index is 0.308. The monoisotopic (exact) mass is 338 g/mol. The van der Waals surface area contributed by atoms with Crippen LogP contribution in [0.3, 0.4) is 0 Å². The van der Waals surface area contributed by atoms with Crippen LogP contribution in [0.15, 0.2) is 12.1 Å². The molecule has 1 N–H and O–H groups in total. The van der Waals surface area contributed by atoms with Crippen molar-refractivity contribution in [2.75, 3.05) is 18.5 Å². The van der Waals surface area contributed by atoms with Crippen LogP contribution >= 0.6 is 7.92 Å². The number of aliphatic carboxylic acids is 1. The highest BCUT2D eigenvalue weighted by Crippen LogP contribution is 2.34. The molecule has 1 rings (SSSR count). The summed E-state index contributed by atoms with van der Waals surface area (Å²) in [5.74, 6) is -2.24. The molecule has 0 heterocycles. The molecule has 3 nitrogen and oxygen atoms in total. The van der Waals surface area contributed by atoms with Crippen molar-refractivity contribution in [3.05, 3.63) is 34.4 Å². The van der Waals surface area contributed by atoms with E-state index in [-0.39, 0.29) is 0 Å². The standard InChI is InChI=1S/C11H12O3.C8H19P/c1-6-4-7(2)9(8(3)5-6)10(12)11(13)14;1-4-7-8-9(5-2)6-3/h4-5H,1-3H3,(H,13,14);4-8H2,1-3H3. The smallest absolute Gasteiger partial charge is 0.377 e. The maximum atomic E-state index is 11.3. The highest BCUT2D eigenvalue weighted by molar-refractivity contribution is 7.57. The Morgan fingerprint density at radius 2 is 1.48 bits per heavy atom. The van der Waals surface area contributed by atoms with Crippen molar-refractivity contribution in [2.24, 2.45) is 0 Å². The molecule has 0 radical (unpaired) electrons. The van der Waals surface area contributed by atoms with Crippen molar-refractivity contribution in [1.29, 1.82) is 0 Å². The lowest BCUT2D eigenvalue weighted by molar-refractivity contribution is -0.131. The van der Waals surface area contributed by atoms with Gasteiger partial charge in [0.15, 0.2) is 0 Å². The molecule has 0 saturated heterocycles. The second-order valence-corrected chi connectivity index (χ2v) is 8.84. The SMILES string of the molecule is CCCCP(CC)CC.Cc1cc(C)c(C(=O)C(=O)O)c(C)c1. The molecule has 0 spiro atoms. The zero-order chi connectivity index (χ0) is 18.0. The van der Waals surface area contributed by atoms with E-state index in [9.17, 15) is 9.59 Å². The minimum Gasteiger partial charge on any atom is -0.475 e. The fourth-order valence-corrected chi connectivity index (χ4v) is 4.41. The molecule has 4 heteroatoms. The Balaban J connectivity index is 0.000000468. The van der Waals surface area contributed by atoms with E-state index >= 15 is 0 Å². The first-order valence-corrected chi connectivity index (χ1v) is 10.3. The first kappa shape index (κ1) is 21.8. The van der Waals surface area contributed by atoms with Crippen molar-refractivity contribution >= 4 is 19.7 Å². The number of hydrogen-bond acceptors (Lipinski definition) is 2. The Hall–Kier alpha value is -1.21. The van der Waals surface area contributed by atoms with Gasteiger partial charge < -0.3 is 5.11 Å². The molecule has 130 valence electrons. The number of hydrogen-bond donors (Lipinski definition) is 1. The molecule has 0 aromatic heterocycles. The summed E-state index contributed by atoms with van der Waals surface area (Å²) in [6.07, 6.45) is 7.21. The third-order valence-corrected chi connectivity index (χ3v) is 6.56. The van der Waals surface area contributed by atoms with Crippen LogP contribution in [0, 0.1) is 20.8 Å². The summed E-state index contributed by atoms with van der Waals surface area (Å²) in [7, 11) is 0.438. The number of benzene rings is 1. The van der Waals surface area contributed by atoms with Crippen molar-refractivity contribution in [1.82, 2.24) is 0 Å². The van der Waals surface area contributed by atoms with E-state index in [0.29, 0.717) is 13.5 Å². The van der Waals surface area contributed by atoms with Crippen LogP contribution in [0.4, 0.5) is 0 Å². The number of Topliss-reactive ketones (excluding diaryl/α,β-unsaturated/α-hetero) is 1. The van der Waals surface area contributed by atoms with Gasteiger partial charge in [-0.15, -0.1) is 7.92 Å². The molecule has 0 fully saturated rings. The number of carbonyl (C=O) groups is 2. The average molecular weight is 338 g/mol. The van der Waals surface area contributed by atoms with Gasteiger partial charge in [0.05, 0.1) is 0 Å². The van der Waals surface area contributed by atoms with Crippen LogP contribution < -0.4 is 0 Å². The van der Waals surface area contributed by atoms with Gasteiger partial charge in [-0.2, -0.15) is 0 Å². The number of aryl methyl sites for hydroxylation is 3. The molecule has 0 aliphatic heterocycles. The van der Waals surface area contributed by atoms with E-state index in [0.717, 1.165) is 16.7 Å². The Morgan fingerprint density at radius 1 is 1.00 bits per heavy atom. The summed E-state index contributed by atoms with van der Waals surface area (Å²) in [5, 5.41) is 8.60. The highest BCUT2D eigenvalue weighted by Gasteiger charge is 2.19. The van der Waals surface area contributed by atoms with Crippen LogP contribution in [-0.2, 0) is 4.79 Å². The van der Waals surface area contributed by atoms with Gasteiger partial charge in [0.25, 0.3) is 5.78 Å². The highest BCUT2D eigenvalue weighted by atomic mass is 31.1. The fourth-order valence-electron chi connectivity index (χ4n) is 2.57. The van der Waals surface area contributed by atoms with Crippen molar-refractivity contribution in [3.8, 4) is 0 Å². The van der Waals surface area contributed by atoms with Crippen molar-refractivity contribution < 1.29 is 14.7 Å². The van der Waals surface area contributed by atoms with Crippen LogP contribution in [0.2, 0.25) is 0 Å². The van der Waals surface area contributed by atoms with E-state index in [2.05, 4.69) is 20.8 Å². The number of carboxylic acids is 1. The van der Waals surface area contributed by atoms with Gasteiger partial charge in [-0.05, 0) is 56.8 Å². The lowest BCUT2D eigenvalue weighted by Crippen LogP contribution is -2.15. The van der Waals surface area contributed by atoms with Gasteiger partial charge in [-0.1, -0.05) is 44.9 Å². The van der Waals surface area contributed by atoms with E-state index in [1.54, 1.807) is 13.8 Å². The Kier molecular flexibility index (Phi) is 10.7. The summed E-state index contributed by atoms with van der Waals surface area (Å²) in [5.41, 5.74) is 2.77. The van der Waals surface area contributed by atoms with Gasteiger partial charge in [-0.3, -0.25) is 4.79 Å². The van der Waals surface area contributed by atoms with Crippen LogP contribution in [0.1, 0.15) is 60.7 Å². The number of ketones is 1. The third kappa shape index (κ3) is 7.74. The summed E-state index contributed by atoms with van der Waals surface area (Å²) in [6, 6.07) is 3.62. The molecule has 1 aromatic rings. The molecular weight excluding hydrogens is 307 g/mol. The zero-order valence-electron chi connectivity index (χ0n) is 15.4. The molecule has 0 saturated carbocycles. The first-order chi connectivity index (χ1) is 10.8. The quantitative estimate of drug-likeness (QED) is 0.423. The molecule has 0 unspecified atom stereocenters. The van der Waals surface area contributed by atoms with Gasteiger partial charge in [-0.25, -0.2) is 4.79 Å². The normalized spacial score (nSPS) is 10.2. The van der Waals surface area contributed by atoms with Gasteiger partial charge in [0.1, 0.15) is 0 Å². The molecule has 0 aliphatic rings. The van der Waals surface area contributed by atoms with Gasteiger partial charge in [0.2, 0.25) is 0 Å². The van der Waals surface area contributed by atoms with E-state index < -0.39 is 11.8 Å². The lowest BCUT2D eigenvalue weighted by Gasteiger charge is -2.10. The van der Waals surface area contributed by atoms with Crippen molar-refractivity contribution in [3.63, 3.8) is 0 Å². The van der Waals surface area contributed by atoms with Gasteiger partial charge >= 0.3 is 5.97 Å². The summed E-state index contributed by atoms with van der Waals surface area (Å²) < 4.78 is 0. The molecular formula is C19H31O3P. The zero-order valence-corrected chi connectivity index (χ0v) is 16.3. The largest absolute Gasteiger partial charge is 0.475 e. The Labute approximate surface area is 142 Å². The second-order valence-electron chi connectivity index (χ2n) is 5.79. The second kappa shape index (κ2) is 11.3. The summed E-state index contributed by atoms with van der Waals surface area (Å²) >= 11 is 0. The maximum Gasteiger partial charge on any atom is 0.377 e. The molecule has 0 amide bonds. The Morgan fingerprint density at radius 3 is 1.83 bits per heavy atom. The fraction of sp³-hybridized carbons (Fsp3) is 0.579. The number of rotatable bonds is 7. The molecule has 0 atom stereocenters. The van der Waals surface area contributed by atoms with E-state index in [4.69, 9.17) is 5.11 Å². The van der Waals surface area contributed by atoms with Crippen LogP contribution in [0.25, 0.3) is 0 Å². The average Bonchev–Trinajstić information content (AvgIpc) is 2.47. The number of carboxylic acid groups (broad SMARTS) is 1.